The van der Waals surface area contributed by atoms with Gasteiger partial charge in [0.15, 0.2) is 0 Å². The lowest BCUT2D eigenvalue weighted by Gasteiger charge is -2.22. The zero-order chi connectivity index (χ0) is 23.5. The minimum Gasteiger partial charge on any atom is -0.387 e. The molecule has 6 nitrogen and oxygen atoms in total. The summed E-state index contributed by atoms with van der Waals surface area (Å²) in [6, 6.07) is 8.08. The van der Waals surface area contributed by atoms with Crippen LogP contribution in [-0.4, -0.2) is 34.3 Å². The average molecular weight is 445 g/mol. The molecule has 1 amide bonds. The van der Waals surface area contributed by atoms with Crippen LogP contribution >= 0.6 is 0 Å². The normalized spacial score (nSPS) is 14.6. The maximum atomic E-state index is 13.2. The van der Waals surface area contributed by atoms with Gasteiger partial charge < -0.3 is 15.2 Å². The molecule has 172 valence electrons. The Labute approximate surface area is 195 Å². The molecule has 2 aliphatic rings. The minimum atomic E-state index is 0.0370. The third kappa shape index (κ3) is 4.56. The Balaban J connectivity index is 1.67. The zero-order valence-corrected chi connectivity index (χ0v) is 19.7. The summed E-state index contributed by atoms with van der Waals surface area (Å²) in [7, 11) is 0. The van der Waals surface area contributed by atoms with E-state index in [9.17, 15) is 9.59 Å². The molecule has 0 fully saturated rings. The molecule has 0 atom stereocenters. The zero-order valence-electron chi connectivity index (χ0n) is 19.7. The number of nitrogens with zero attached hydrogens (tertiary/aromatic N) is 3. The topological polar surface area (TPSA) is 80.7 Å². The summed E-state index contributed by atoms with van der Waals surface area (Å²) in [6.45, 7) is 8.26. The Bertz CT molecular complexity index is 1230. The van der Waals surface area contributed by atoms with Gasteiger partial charge in [0.25, 0.3) is 5.56 Å². The van der Waals surface area contributed by atoms with Crippen LogP contribution in [0.3, 0.4) is 0 Å². The number of hydrogen-bond acceptors (Lipinski definition) is 4. The standard InChI is InChI=1S/C27H32N4O2/c1-4-10-31(11-5-2)26(32)22-14-20-8-7-18(16-24(20)29-25(28)17-22)21-13-19-9-12-30(6-3)27(33)23(19)15-21/h7-9,12,14-16H,4-6,10-11,13,17H2,1-3H3,(H2,28,29). The molecular formula is C27H32N4O2. The average Bonchev–Trinajstić information content (AvgIpc) is 3.17. The summed E-state index contributed by atoms with van der Waals surface area (Å²) in [5, 5.41) is 0. The Morgan fingerprint density at radius 3 is 2.55 bits per heavy atom. The summed E-state index contributed by atoms with van der Waals surface area (Å²) >= 11 is 0. The Hall–Kier alpha value is -3.41. The number of carbonyl (C=O) groups is 1. The first-order chi connectivity index (χ1) is 15.9. The van der Waals surface area contributed by atoms with Crippen LogP contribution in [0.4, 0.5) is 5.69 Å². The maximum Gasteiger partial charge on any atom is 0.258 e. The van der Waals surface area contributed by atoms with Gasteiger partial charge in [-0.3, -0.25) is 9.59 Å². The van der Waals surface area contributed by atoms with Crippen LogP contribution in [-0.2, 0) is 17.8 Å². The number of fused-ring (bicyclic) bond motifs is 2. The monoisotopic (exact) mass is 444 g/mol. The number of rotatable bonds is 7. The highest BCUT2D eigenvalue weighted by Crippen LogP contribution is 2.34. The summed E-state index contributed by atoms with van der Waals surface area (Å²) in [6.07, 6.45) is 8.69. The van der Waals surface area contributed by atoms with Crippen molar-refractivity contribution in [2.75, 3.05) is 13.1 Å². The summed E-state index contributed by atoms with van der Waals surface area (Å²) in [5.41, 5.74) is 12.5. The highest BCUT2D eigenvalue weighted by atomic mass is 16.2. The Morgan fingerprint density at radius 2 is 1.85 bits per heavy atom. The highest BCUT2D eigenvalue weighted by Gasteiger charge is 2.22. The maximum absolute atomic E-state index is 13.2. The van der Waals surface area contributed by atoms with Crippen molar-refractivity contribution in [3.63, 3.8) is 0 Å². The van der Waals surface area contributed by atoms with Crippen molar-refractivity contribution < 1.29 is 4.79 Å². The first kappa shape index (κ1) is 22.8. The third-order valence-electron chi connectivity index (χ3n) is 6.25. The van der Waals surface area contributed by atoms with Crippen molar-refractivity contribution in [3.05, 3.63) is 68.6 Å². The number of pyridine rings is 1. The van der Waals surface area contributed by atoms with E-state index in [1.54, 1.807) is 4.57 Å². The van der Waals surface area contributed by atoms with Crippen LogP contribution < -0.4 is 11.3 Å². The largest absolute Gasteiger partial charge is 0.387 e. The molecule has 6 heteroatoms. The van der Waals surface area contributed by atoms with Crippen molar-refractivity contribution in [3.8, 4) is 0 Å². The van der Waals surface area contributed by atoms with Gasteiger partial charge in [-0.15, -0.1) is 0 Å². The molecule has 0 radical (unpaired) electrons. The second kappa shape index (κ2) is 9.61. The van der Waals surface area contributed by atoms with E-state index in [1.165, 1.54) is 0 Å². The molecule has 1 aromatic carbocycles. The van der Waals surface area contributed by atoms with Gasteiger partial charge in [-0.1, -0.05) is 26.0 Å². The molecule has 0 spiro atoms. The smallest absolute Gasteiger partial charge is 0.258 e. The Kier molecular flexibility index (Phi) is 6.63. The number of benzene rings is 1. The van der Waals surface area contributed by atoms with Gasteiger partial charge in [-0.2, -0.15) is 0 Å². The fourth-order valence-corrected chi connectivity index (χ4v) is 4.59. The molecule has 1 aromatic heterocycles. The van der Waals surface area contributed by atoms with E-state index in [4.69, 9.17) is 5.73 Å². The number of aliphatic imine (C=N–C) groups is 1. The van der Waals surface area contributed by atoms with Crippen LogP contribution in [0.1, 0.15) is 62.3 Å². The van der Waals surface area contributed by atoms with Crippen LogP contribution in [0, 0.1) is 0 Å². The molecule has 0 saturated carbocycles. The number of allylic oxidation sites excluding steroid dienone is 1. The van der Waals surface area contributed by atoms with E-state index in [0.717, 1.165) is 65.9 Å². The van der Waals surface area contributed by atoms with Crippen LogP contribution in [0.5, 0.6) is 0 Å². The van der Waals surface area contributed by atoms with E-state index < -0.39 is 0 Å². The number of amidine groups is 1. The molecule has 1 aliphatic heterocycles. The van der Waals surface area contributed by atoms with Gasteiger partial charge >= 0.3 is 0 Å². The van der Waals surface area contributed by atoms with Crippen LogP contribution in [0.15, 0.2) is 45.8 Å². The minimum absolute atomic E-state index is 0.0370. The summed E-state index contributed by atoms with van der Waals surface area (Å²) in [4.78, 5) is 32.4. The van der Waals surface area contributed by atoms with Crippen molar-refractivity contribution in [1.82, 2.24) is 9.47 Å². The van der Waals surface area contributed by atoms with E-state index in [0.29, 0.717) is 24.4 Å². The van der Waals surface area contributed by atoms with Gasteiger partial charge in [0, 0.05) is 49.0 Å². The van der Waals surface area contributed by atoms with E-state index in [2.05, 4.69) is 18.8 Å². The van der Waals surface area contributed by atoms with Gasteiger partial charge in [0.1, 0.15) is 5.84 Å². The molecule has 2 heterocycles. The molecule has 0 unspecified atom stereocenters. The molecule has 4 rings (SSSR count). The number of hydrogen-bond donors (Lipinski definition) is 1. The summed E-state index contributed by atoms with van der Waals surface area (Å²) in [5.74, 6) is 0.475. The van der Waals surface area contributed by atoms with Crippen molar-refractivity contribution >= 4 is 35.2 Å². The summed E-state index contributed by atoms with van der Waals surface area (Å²) < 4.78 is 1.73. The second-order valence-corrected chi connectivity index (χ2v) is 8.71. The van der Waals surface area contributed by atoms with Gasteiger partial charge in [-0.05, 0) is 67.2 Å². The van der Waals surface area contributed by atoms with E-state index >= 15 is 0 Å². The first-order valence-corrected chi connectivity index (χ1v) is 11.8. The van der Waals surface area contributed by atoms with E-state index in [-0.39, 0.29) is 11.5 Å². The molecule has 33 heavy (non-hydrogen) atoms. The molecule has 2 aromatic rings. The second-order valence-electron chi connectivity index (χ2n) is 8.71. The Morgan fingerprint density at radius 1 is 1.09 bits per heavy atom. The van der Waals surface area contributed by atoms with Gasteiger partial charge in [0.05, 0.1) is 5.69 Å². The van der Waals surface area contributed by atoms with Crippen molar-refractivity contribution in [2.24, 2.45) is 10.7 Å². The first-order valence-electron chi connectivity index (χ1n) is 11.8. The fraction of sp³-hybridized carbons (Fsp3) is 0.370. The predicted molar refractivity (Wildman–Crippen MR) is 135 cm³/mol. The van der Waals surface area contributed by atoms with Crippen LogP contribution in [0.25, 0.3) is 17.7 Å². The van der Waals surface area contributed by atoms with Gasteiger partial charge in [0.2, 0.25) is 5.91 Å². The fourth-order valence-electron chi connectivity index (χ4n) is 4.59. The van der Waals surface area contributed by atoms with Crippen molar-refractivity contribution in [2.45, 2.75) is 53.0 Å². The SMILES string of the molecule is CCCN(CCC)C(=O)C1=Cc2ccc(C3=Cc4c(ccn(CC)c4=O)C3)cc2N=C(N)C1. The lowest BCUT2D eigenvalue weighted by Crippen LogP contribution is -2.34. The highest BCUT2D eigenvalue weighted by molar-refractivity contribution is 6.05. The number of amides is 1. The molecule has 0 saturated heterocycles. The lowest BCUT2D eigenvalue weighted by atomic mass is 9.99. The van der Waals surface area contributed by atoms with Crippen LogP contribution in [0.2, 0.25) is 0 Å². The number of nitrogens with two attached hydrogens (primary N) is 1. The number of aryl methyl sites for hydroxylation is 1. The van der Waals surface area contributed by atoms with E-state index in [1.807, 2.05) is 54.4 Å². The van der Waals surface area contributed by atoms with Crippen molar-refractivity contribution in [1.29, 1.82) is 0 Å². The molecule has 1 aliphatic carbocycles. The molecule has 0 bridgehead atoms. The number of aromatic nitrogens is 1. The third-order valence-corrected chi connectivity index (χ3v) is 6.25. The van der Waals surface area contributed by atoms with Gasteiger partial charge in [-0.25, -0.2) is 4.99 Å². The number of carbonyl (C=O) groups excluding carboxylic acids is 1. The lowest BCUT2D eigenvalue weighted by molar-refractivity contribution is -0.127. The molecule has 2 N–H and O–H groups in total. The predicted octanol–water partition coefficient (Wildman–Crippen LogP) is 4.39. The molecular weight excluding hydrogens is 412 g/mol. The quantitative estimate of drug-likeness (QED) is 0.688.